The van der Waals surface area contributed by atoms with E-state index in [1.165, 1.54) is 9.21 Å². The number of hydrogen-bond acceptors (Lipinski definition) is 6. The largest absolute Gasteiger partial charge is 0.451 e. The van der Waals surface area contributed by atoms with Crippen molar-refractivity contribution in [3.8, 4) is 11.3 Å². The van der Waals surface area contributed by atoms with Gasteiger partial charge in [0.2, 0.25) is 10.0 Å². The second-order valence-corrected chi connectivity index (χ2v) is 9.14. The van der Waals surface area contributed by atoms with Gasteiger partial charge in [-0.2, -0.15) is 9.40 Å². The van der Waals surface area contributed by atoms with Crippen molar-refractivity contribution in [3.63, 3.8) is 0 Å². The zero-order valence-corrected chi connectivity index (χ0v) is 18.0. The van der Waals surface area contributed by atoms with Gasteiger partial charge < -0.3 is 9.64 Å². The molecule has 1 fully saturated rings. The minimum absolute atomic E-state index is 0.149. The maximum absolute atomic E-state index is 12.7. The molecule has 0 saturated carbocycles. The van der Waals surface area contributed by atoms with Crippen molar-refractivity contribution in [1.82, 2.24) is 19.4 Å². The summed E-state index contributed by atoms with van der Waals surface area (Å²) in [6.45, 7) is 0.384. The first-order valence-corrected chi connectivity index (χ1v) is 11.5. The van der Waals surface area contributed by atoms with Crippen molar-refractivity contribution < 1.29 is 22.7 Å². The molecular weight excluding hydrogens is 432 g/mol. The van der Waals surface area contributed by atoms with Gasteiger partial charge in [0.25, 0.3) is 5.91 Å². The Morgan fingerprint density at radius 3 is 2.22 bits per heavy atom. The molecule has 1 amide bonds. The minimum atomic E-state index is -3.59. The summed E-state index contributed by atoms with van der Waals surface area (Å²) in [5, 5.41) is 6.72. The van der Waals surface area contributed by atoms with Crippen molar-refractivity contribution in [1.29, 1.82) is 0 Å². The third-order valence-corrected chi connectivity index (χ3v) is 7.08. The SMILES string of the molecule is O=C(OCC(=O)N1CCN(S(=O)(=O)c2ccccc2)CC1)c1cc(-c2ccccc2)n[nH]1. The number of amides is 1. The molecule has 166 valence electrons. The Balaban J connectivity index is 1.28. The lowest BCUT2D eigenvalue weighted by atomic mass is 10.1. The number of rotatable bonds is 6. The Labute approximate surface area is 185 Å². The van der Waals surface area contributed by atoms with Gasteiger partial charge in [-0.3, -0.25) is 9.89 Å². The lowest BCUT2D eigenvalue weighted by Crippen LogP contribution is -2.51. The molecule has 1 aliphatic rings. The van der Waals surface area contributed by atoms with Gasteiger partial charge in [0, 0.05) is 31.7 Å². The molecule has 0 aliphatic carbocycles. The molecule has 9 nitrogen and oxygen atoms in total. The standard InChI is InChI=1S/C22H22N4O5S/c27-21(16-31-22(28)20-15-19(23-24-20)17-7-3-1-4-8-17)25-11-13-26(14-12-25)32(29,30)18-9-5-2-6-10-18/h1-10,15H,11-14,16H2,(H,23,24). The maximum atomic E-state index is 12.7. The molecule has 1 aliphatic heterocycles. The summed E-state index contributed by atoms with van der Waals surface area (Å²) in [5.74, 6) is -1.06. The second-order valence-electron chi connectivity index (χ2n) is 7.21. The number of hydrogen-bond donors (Lipinski definition) is 1. The summed E-state index contributed by atoms with van der Waals surface area (Å²) in [5.41, 5.74) is 1.59. The van der Waals surface area contributed by atoms with Crippen LogP contribution < -0.4 is 0 Å². The summed E-state index contributed by atoms with van der Waals surface area (Å²) in [4.78, 5) is 26.4. The number of ether oxygens (including phenoxy) is 1. The van der Waals surface area contributed by atoms with Crippen LogP contribution in [0.25, 0.3) is 11.3 Å². The zero-order valence-electron chi connectivity index (χ0n) is 17.2. The quantitative estimate of drug-likeness (QED) is 0.568. The van der Waals surface area contributed by atoms with Crippen LogP contribution in [-0.4, -0.2) is 72.5 Å². The highest BCUT2D eigenvalue weighted by Crippen LogP contribution is 2.18. The van der Waals surface area contributed by atoms with Gasteiger partial charge in [-0.1, -0.05) is 48.5 Å². The molecule has 1 saturated heterocycles. The molecule has 3 aromatic rings. The van der Waals surface area contributed by atoms with Crippen LogP contribution in [0.15, 0.2) is 71.6 Å². The number of carbonyl (C=O) groups is 2. The highest BCUT2D eigenvalue weighted by Gasteiger charge is 2.30. The van der Waals surface area contributed by atoms with E-state index in [9.17, 15) is 18.0 Å². The highest BCUT2D eigenvalue weighted by atomic mass is 32.2. The van der Waals surface area contributed by atoms with Crippen LogP contribution in [0.4, 0.5) is 0 Å². The van der Waals surface area contributed by atoms with Gasteiger partial charge >= 0.3 is 5.97 Å². The first-order valence-electron chi connectivity index (χ1n) is 10.1. The van der Waals surface area contributed by atoms with Crippen molar-refractivity contribution in [2.75, 3.05) is 32.8 Å². The van der Waals surface area contributed by atoms with Gasteiger partial charge in [-0.15, -0.1) is 0 Å². The maximum Gasteiger partial charge on any atom is 0.356 e. The van der Waals surface area contributed by atoms with Gasteiger partial charge in [0.1, 0.15) is 5.69 Å². The molecule has 0 radical (unpaired) electrons. The number of aromatic amines is 1. The first kappa shape index (κ1) is 21.7. The minimum Gasteiger partial charge on any atom is -0.451 e. The molecule has 1 aromatic heterocycles. The predicted molar refractivity (Wildman–Crippen MR) is 116 cm³/mol. The van der Waals surface area contributed by atoms with Crippen LogP contribution >= 0.6 is 0 Å². The molecule has 2 aromatic carbocycles. The summed E-state index contributed by atoms with van der Waals surface area (Å²) < 4.78 is 31.8. The van der Waals surface area contributed by atoms with Gasteiger partial charge in [-0.05, 0) is 18.2 Å². The normalized spacial score (nSPS) is 14.8. The van der Waals surface area contributed by atoms with Crippen molar-refractivity contribution in [2.45, 2.75) is 4.90 Å². The summed E-state index contributed by atoms with van der Waals surface area (Å²) in [6, 6.07) is 19.1. The van der Waals surface area contributed by atoms with E-state index in [0.29, 0.717) is 5.69 Å². The summed E-state index contributed by atoms with van der Waals surface area (Å²) >= 11 is 0. The van der Waals surface area contributed by atoms with E-state index in [0.717, 1.165) is 5.56 Å². The number of esters is 1. The molecule has 10 heteroatoms. The average molecular weight is 455 g/mol. The number of sulfonamides is 1. The van der Waals surface area contributed by atoms with Crippen molar-refractivity contribution in [3.05, 3.63) is 72.4 Å². The number of aromatic nitrogens is 2. The lowest BCUT2D eigenvalue weighted by molar-refractivity contribution is -0.135. The van der Waals surface area contributed by atoms with Gasteiger partial charge in [-0.25, -0.2) is 13.2 Å². The van der Waals surface area contributed by atoms with E-state index >= 15 is 0 Å². The van der Waals surface area contributed by atoms with Gasteiger partial charge in [0.15, 0.2) is 6.61 Å². The van der Waals surface area contributed by atoms with Crippen LogP contribution in [0.2, 0.25) is 0 Å². The lowest BCUT2D eigenvalue weighted by Gasteiger charge is -2.33. The molecule has 1 N–H and O–H groups in total. The van der Waals surface area contributed by atoms with E-state index in [-0.39, 0.29) is 42.7 Å². The number of H-pyrrole nitrogens is 1. The molecule has 0 spiro atoms. The average Bonchev–Trinajstić information content (AvgIpc) is 3.34. The number of benzene rings is 2. The Morgan fingerprint density at radius 1 is 0.938 bits per heavy atom. The van der Waals surface area contributed by atoms with Crippen molar-refractivity contribution >= 4 is 21.9 Å². The van der Waals surface area contributed by atoms with E-state index in [2.05, 4.69) is 10.2 Å². The first-order chi connectivity index (χ1) is 15.4. The summed E-state index contributed by atoms with van der Waals surface area (Å²) in [7, 11) is -3.59. The molecule has 0 unspecified atom stereocenters. The second kappa shape index (κ2) is 9.33. The van der Waals surface area contributed by atoms with Crippen LogP contribution in [0.5, 0.6) is 0 Å². The van der Waals surface area contributed by atoms with E-state index < -0.39 is 22.6 Å². The molecule has 4 rings (SSSR count). The third kappa shape index (κ3) is 4.71. The molecular formula is C22H22N4O5S. The van der Waals surface area contributed by atoms with E-state index in [1.807, 2.05) is 30.3 Å². The zero-order chi connectivity index (χ0) is 22.6. The molecule has 0 bridgehead atoms. The molecule has 0 atom stereocenters. The number of carbonyl (C=O) groups excluding carboxylic acids is 2. The van der Waals surface area contributed by atoms with Crippen LogP contribution in [-0.2, 0) is 19.6 Å². The highest BCUT2D eigenvalue weighted by molar-refractivity contribution is 7.89. The van der Waals surface area contributed by atoms with Gasteiger partial charge in [0.05, 0.1) is 10.6 Å². The monoisotopic (exact) mass is 454 g/mol. The third-order valence-electron chi connectivity index (χ3n) is 5.17. The topological polar surface area (TPSA) is 113 Å². The Hall–Kier alpha value is -3.50. The number of nitrogens with one attached hydrogen (secondary N) is 1. The predicted octanol–water partition coefficient (Wildman–Crippen LogP) is 1.77. The van der Waals surface area contributed by atoms with E-state index in [1.54, 1.807) is 36.4 Å². The fourth-order valence-corrected chi connectivity index (χ4v) is 4.84. The molecule has 32 heavy (non-hydrogen) atoms. The van der Waals surface area contributed by atoms with Crippen LogP contribution in [0, 0.1) is 0 Å². The Kier molecular flexibility index (Phi) is 6.33. The molecule has 2 heterocycles. The fraction of sp³-hybridized carbons (Fsp3) is 0.227. The van der Waals surface area contributed by atoms with Crippen molar-refractivity contribution in [2.24, 2.45) is 0 Å². The number of piperazine rings is 1. The smallest absolute Gasteiger partial charge is 0.356 e. The van der Waals surface area contributed by atoms with Crippen LogP contribution in [0.1, 0.15) is 10.5 Å². The Morgan fingerprint density at radius 2 is 1.56 bits per heavy atom. The Bertz CT molecular complexity index is 1190. The van der Waals surface area contributed by atoms with Crippen LogP contribution in [0.3, 0.4) is 0 Å². The van der Waals surface area contributed by atoms with E-state index in [4.69, 9.17) is 4.74 Å². The summed E-state index contributed by atoms with van der Waals surface area (Å²) in [6.07, 6.45) is 0. The number of nitrogens with zero attached hydrogens (tertiary/aromatic N) is 3. The fourth-order valence-electron chi connectivity index (χ4n) is 3.40.